The summed E-state index contributed by atoms with van der Waals surface area (Å²) in [5, 5.41) is 4.17. The second kappa shape index (κ2) is 5.02. The highest BCUT2D eigenvalue weighted by Crippen LogP contribution is 2.32. The van der Waals surface area contributed by atoms with E-state index in [0.29, 0.717) is 5.82 Å². The highest BCUT2D eigenvalue weighted by Gasteiger charge is 2.13. The molecule has 0 saturated heterocycles. The maximum absolute atomic E-state index is 5.77. The lowest BCUT2D eigenvalue weighted by atomic mass is 10.1. The van der Waals surface area contributed by atoms with Gasteiger partial charge in [-0.2, -0.15) is 5.10 Å². The molecule has 1 aromatic carbocycles. The lowest BCUT2D eigenvalue weighted by molar-refractivity contribution is 0.242. The van der Waals surface area contributed by atoms with E-state index in [0.717, 1.165) is 21.5 Å². The van der Waals surface area contributed by atoms with Crippen molar-refractivity contribution >= 4 is 21.7 Å². The molecular formula is C13H16BrN3O. The number of halogens is 1. The van der Waals surface area contributed by atoms with Crippen LogP contribution in [0.1, 0.15) is 13.8 Å². The molecule has 0 amide bonds. The minimum atomic E-state index is 0.176. The highest BCUT2D eigenvalue weighted by molar-refractivity contribution is 9.10. The van der Waals surface area contributed by atoms with Crippen LogP contribution in [0.15, 0.2) is 28.7 Å². The minimum absolute atomic E-state index is 0.176. The fourth-order valence-electron chi connectivity index (χ4n) is 1.80. The fourth-order valence-corrected chi connectivity index (χ4v) is 2.36. The zero-order valence-electron chi connectivity index (χ0n) is 10.6. The summed E-state index contributed by atoms with van der Waals surface area (Å²) in [5.74, 6) is 1.36. The number of hydrogen-bond donors (Lipinski definition) is 1. The summed E-state index contributed by atoms with van der Waals surface area (Å²) < 4.78 is 8.20. The maximum Gasteiger partial charge on any atom is 0.160 e. The van der Waals surface area contributed by atoms with Gasteiger partial charge in [-0.25, -0.2) is 0 Å². The smallest absolute Gasteiger partial charge is 0.160 e. The Hall–Kier alpha value is -1.49. The minimum Gasteiger partial charge on any atom is -0.491 e. The number of benzene rings is 1. The summed E-state index contributed by atoms with van der Waals surface area (Å²) in [5.41, 5.74) is 7.78. The van der Waals surface area contributed by atoms with Gasteiger partial charge in [-0.3, -0.25) is 4.68 Å². The first-order valence-corrected chi connectivity index (χ1v) is 6.53. The van der Waals surface area contributed by atoms with Crippen LogP contribution in [0.25, 0.3) is 11.3 Å². The lowest BCUT2D eigenvalue weighted by Crippen LogP contribution is -2.05. The first-order valence-electron chi connectivity index (χ1n) is 5.74. The molecule has 2 rings (SSSR count). The fraction of sp³-hybridized carbons (Fsp3) is 0.308. The van der Waals surface area contributed by atoms with Crippen molar-refractivity contribution in [3.8, 4) is 17.0 Å². The summed E-state index contributed by atoms with van der Waals surface area (Å²) in [7, 11) is 1.87. The van der Waals surface area contributed by atoms with E-state index in [9.17, 15) is 0 Å². The first-order chi connectivity index (χ1) is 8.49. The van der Waals surface area contributed by atoms with Gasteiger partial charge >= 0.3 is 0 Å². The summed E-state index contributed by atoms with van der Waals surface area (Å²) in [6, 6.07) is 7.90. The molecule has 0 bridgehead atoms. The third-order valence-corrected chi connectivity index (χ3v) is 3.30. The van der Waals surface area contributed by atoms with Crippen molar-refractivity contribution in [3.05, 3.63) is 28.7 Å². The maximum atomic E-state index is 5.77. The first kappa shape index (κ1) is 13.0. The molecule has 0 spiro atoms. The highest BCUT2D eigenvalue weighted by atomic mass is 79.9. The Morgan fingerprint density at radius 1 is 1.28 bits per heavy atom. The van der Waals surface area contributed by atoms with Gasteiger partial charge in [0, 0.05) is 12.6 Å². The summed E-state index contributed by atoms with van der Waals surface area (Å²) in [6.45, 7) is 4.01. The topological polar surface area (TPSA) is 53.1 Å². The zero-order chi connectivity index (χ0) is 13.3. The quantitative estimate of drug-likeness (QED) is 0.947. The van der Waals surface area contributed by atoms with Crippen molar-refractivity contribution in [1.29, 1.82) is 0 Å². The molecule has 1 heterocycles. The molecule has 18 heavy (non-hydrogen) atoms. The molecule has 0 atom stereocenters. The summed E-state index contributed by atoms with van der Waals surface area (Å²) in [6.07, 6.45) is 0.176. The van der Waals surface area contributed by atoms with Gasteiger partial charge in [0.05, 0.1) is 16.3 Å². The van der Waals surface area contributed by atoms with Crippen LogP contribution in [0, 0.1) is 0 Å². The monoisotopic (exact) mass is 309 g/mol. The standard InChI is InChI=1S/C13H16BrN3O/c1-8(2)18-10-6-4-9(5-7-10)12-11(14)13(15)16-17(12)3/h4-8H,1-3H3,(H2,15,16). The SMILES string of the molecule is CC(C)Oc1ccc(-c2c(Br)c(N)nn2C)cc1. The number of nitrogen functional groups attached to an aromatic ring is 1. The van der Waals surface area contributed by atoms with Crippen LogP contribution in [0.2, 0.25) is 0 Å². The molecule has 0 aliphatic rings. The molecule has 2 aromatic rings. The average molecular weight is 310 g/mol. The Balaban J connectivity index is 2.34. The Kier molecular flexibility index (Phi) is 3.61. The molecule has 0 saturated carbocycles. The van der Waals surface area contributed by atoms with Crippen molar-refractivity contribution in [2.75, 3.05) is 5.73 Å². The molecule has 0 aliphatic heterocycles. The van der Waals surface area contributed by atoms with E-state index in [1.165, 1.54) is 0 Å². The van der Waals surface area contributed by atoms with E-state index < -0.39 is 0 Å². The van der Waals surface area contributed by atoms with Gasteiger partial charge in [0.25, 0.3) is 0 Å². The number of aryl methyl sites for hydroxylation is 1. The van der Waals surface area contributed by atoms with Crippen LogP contribution in [-0.2, 0) is 7.05 Å². The predicted molar refractivity (Wildman–Crippen MR) is 76.5 cm³/mol. The largest absolute Gasteiger partial charge is 0.491 e. The van der Waals surface area contributed by atoms with Gasteiger partial charge < -0.3 is 10.5 Å². The Morgan fingerprint density at radius 2 is 1.89 bits per heavy atom. The number of rotatable bonds is 3. The molecule has 0 aliphatic carbocycles. The van der Waals surface area contributed by atoms with Crippen molar-refractivity contribution in [1.82, 2.24) is 9.78 Å². The zero-order valence-corrected chi connectivity index (χ0v) is 12.2. The van der Waals surface area contributed by atoms with Crippen molar-refractivity contribution < 1.29 is 4.74 Å². The van der Waals surface area contributed by atoms with E-state index in [1.807, 2.05) is 45.2 Å². The van der Waals surface area contributed by atoms with E-state index in [2.05, 4.69) is 21.0 Å². The molecule has 4 nitrogen and oxygen atoms in total. The molecule has 96 valence electrons. The van der Waals surface area contributed by atoms with Crippen LogP contribution < -0.4 is 10.5 Å². The number of anilines is 1. The number of ether oxygens (including phenoxy) is 1. The second-order valence-electron chi connectivity index (χ2n) is 4.36. The van der Waals surface area contributed by atoms with Crippen LogP contribution in [0.3, 0.4) is 0 Å². The molecule has 0 unspecified atom stereocenters. The van der Waals surface area contributed by atoms with E-state index in [4.69, 9.17) is 10.5 Å². The lowest BCUT2D eigenvalue weighted by Gasteiger charge is -2.10. The van der Waals surface area contributed by atoms with Crippen molar-refractivity contribution in [3.63, 3.8) is 0 Å². The molecule has 0 radical (unpaired) electrons. The van der Waals surface area contributed by atoms with E-state index in [-0.39, 0.29) is 6.10 Å². The van der Waals surface area contributed by atoms with Gasteiger partial charge in [-0.05, 0) is 54.0 Å². The van der Waals surface area contributed by atoms with Gasteiger partial charge in [-0.1, -0.05) is 0 Å². The van der Waals surface area contributed by atoms with E-state index >= 15 is 0 Å². The van der Waals surface area contributed by atoms with Crippen LogP contribution in [0.5, 0.6) is 5.75 Å². The normalized spacial score (nSPS) is 10.9. The number of nitrogens with two attached hydrogens (primary N) is 1. The van der Waals surface area contributed by atoms with Crippen LogP contribution in [-0.4, -0.2) is 15.9 Å². The van der Waals surface area contributed by atoms with Gasteiger partial charge in [-0.15, -0.1) is 0 Å². The Labute approximate surface area is 115 Å². The third kappa shape index (κ3) is 2.51. The summed E-state index contributed by atoms with van der Waals surface area (Å²) in [4.78, 5) is 0. The Bertz CT molecular complexity index is 546. The van der Waals surface area contributed by atoms with Crippen molar-refractivity contribution in [2.45, 2.75) is 20.0 Å². The molecule has 1 aromatic heterocycles. The Morgan fingerprint density at radius 3 is 2.33 bits per heavy atom. The average Bonchev–Trinajstić information content (AvgIpc) is 2.54. The van der Waals surface area contributed by atoms with E-state index in [1.54, 1.807) is 4.68 Å². The number of aromatic nitrogens is 2. The van der Waals surface area contributed by atoms with Crippen LogP contribution >= 0.6 is 15.9 Å². The van der Waals surface area contributed by atoms with Gasteiger partial charge in [0.1, 0.15) is 5.75 Å². The van der Waals surface area contributed by atoms with Crippen molar-refractivity contribution in [2.24, 2.45) is 7.05 Å². The van der Waals surface area contributed by atoms with Gasteiger partial charge in [0.2, 0.25) is 0 Å². The second-order valence-corrected chi connectivity index (χ2v) is 5.16. The number of nitrogens with zero attached hydrogens (tertiary/aromatic N) is 2. The molecular weight excluding hydrogens is 294 g/mol. The van der Waals surface area contributed by atoms with Crippen LogP contribution in [0.4, 0.5) is 5.82 Å². The third-order valence-electron chi connectivity index (χ3n) is 2.51. The molecule has 5 heteroatoms. The number of hydrogen-bond acceptors (Lipinski definition) is 3. The predicted octanol–water partition coefficient (Wildman–Crippen LogP) is 3.22. The molecule has 2 N–H and O–H groups in total. The summed E-state index contributed by atoms with van der Waals surface area (Å²) >= 11 is 3.46. The molecule has 0 fully saturated rings. The van der Waals surface area contributed by atoms with Gasteiger partial charge in [0.15, 0.2) is 5.82 Å².